The smallest absolute Gasteiger partial charge is 0.0608 e. The van der Waals surface area contributed by atoms with Gasteiger partial charge in [-0.1, -0.05) is 12.8 Å². The minimum absolute atomic E-state index is 0.293. The van der Waals surface area contributed by atoms with Crippen LogP contribution >= 0.6 is 12.8 Å². The molecule has 2 nitrogen and oxygen atoms in total. The number of hydrogen-bond donors (Lipinski definition) is 1. The molecule has 0 aliphatic carbocycles. The SMILES string of the molecule is CC(C)(C)N1CCCN(S)C1. The third-order valence-electron chi connectivity index (χ3n) is 2.13. The molecule has 1 aliphatic rings. The van der Waals surface area contributed by atoms with Gasteiger partial charge in [0, 0.05) is 18.6 Å². The van der Waals surface area contributed by atoms with Crippen molar-refractivity contribution in [3.63, 3.8) is 0 Å². The summed E-state index contributed by atoms with van der Waals surface area (Å²) in [6, 6.07) is 0. The molecular formula is C8H18N2S. The predicted molar refractivity (Wildman–Crippen MR) is 51.6 cm³/mol. The first-order chi connectivity index (χ1) is 5.00. The molecule has 0 aromatic heterocycles. The third-order valence-corrected chi connectivity index (χ3v) is 2.45. The van der Waals surface area contributed by atoms with Crippen LogP contribution in [0, 0.1) is 0 Å². The van der Waals surface area contributed by atoms with Gasteiger partial charge in [-0.05, 0) is 27.2 Å². The number of nitrogens with zero attached hydrogens (tertiary/aromatic N) is 2. The molecule has 0 N–H and O–H groups in total. The summed E-state index contributed by atoms with van der Waals surface area (Å²) < 4.78 is 2.08. The maximum Gasteiger partial charge on any atom is 0.0608 e. The molecule has 1 rings (SSSR count). The minimum atomic E-state index is 0.293. The summed E-state index contributed by atoms with van der Waals surface area (Å²) in [6.07, 6.45) is 1.24. The van der Waals surface area contributed by atoms with Crippen molar-refractivity contribution in [2.24, 2.45) is 0 Å². The van der Waals surface area contributed by atoms with Gasteiger partial charge in [0.1, 0.15) is 0 Å². The highest BCUT2D eigenvalue weighted by molar-refractivity contribution is 7.77. The first kappa shape index (κ1) is 9.36. The van der Waals surface area contributed by atoms with E-state index in [0.717, 1.165) is 13.2 Å². The Balaban J connectivity index is 2.46. The quantitative estimate of drug-likeness (QED) is 0.557. The van der Waals surface area contributed by atoms with Crippen LogP contribution in [0.1, 0.15) is 27.2 Å². The Bertz CT molecular complexity index is 131. The van der Waals surface area contributed by atoms with Crippen molar-refractivity contribution in [1.82, 2.24) is 9.21 Å². The van der Waals surface area contributed by atoms with Gasteiger partial charge in [0.2, 0.25) is 0 Å². The van der Waals surface area contributed by atoms with Gasteiger partial charge in [0.25, 0.3) is 0 Å². The fraction of sp³-hybridized carbons (Fsp3) is 1.00. The minimum Gasteiger partial charge on any atom is -0.285 e. The van der Waals surface area contributed by atoms with E-state index in [1.807, 2.05) is 0 Å². The van der Waals surface area contributed by atoms with Crippen LogP contribution in [0.5, 0.6) is 0 Å². The molecule has 66 valence electrons. The van der Waals surface area contributed by atoms with Gasteiger partial charge in [-0.3, -0.25) is 4.90 Å². The summed E-state index contributed by atoms with van der Waals surface area (Å²) in [4.78, 5) is 2.45. The van der Waals surface area contributed by atoms with Crippen molar-refractivity contribution < 1.29 is 0 Å². The van der Waals surface area contributed by atoms with E-state index in [9.17, 15) is 0 Å². The van der Waals surface area contributed by atoms with Gasteiger partial charge in [0.05, 0.1) is 6.67 Å². The zero-order valence-corrected chi connectivity index (χ0v) is 8.56. The summed E-state index contributed by atoms with van der Waals surface area (Å²) in [5.74, 6) is 0. The molecule has 0 spiro atoms. The largest absolute Gasteiger partial charge is 0.285 e. The maximum absolute atomic E-state index is 4.34. The molecule has 0 atom stereocenters. The number of hydrogen-bond acceptors (Lipinski definition) is 3. The Kier molecular flexibility index (Phi) is 2.84. The van der Waals surface area contributed by atoms with E-state index < -0.39 is 0 Å². The number of rotatable bonds is 0. The highest BCUT2D eigenvalue weighted by atomic mass is 32.1. The van der Waals surface area contributed by atoms with E-state index in [1.165, 1.54) is 13.0 Å². The topological polar surface area (TPSA) is 6.48 Å². The molecule has 1 aliphatic heterocycles. The van der Waals surface area contributed by atoms with Gasteiger partial charge < -0.3 is 0 Å². The molecule has 0 unspecified atom stereocenters. The van der Waals surface area contributed by atoms with Crippen LogP contribution in [-0.2, 0) is 0 Å². The lowest BCUT2D eigenvalue weighted by molar-refractivity contribution is 0.0661. The average molecular weight is 174 g/mol. The standard InChI is InChI=1S/C8H18N2S/c1-8(2,3)9-5-4-6-10(11)7-9/h11H,4-7H2,1-3H3. The van der Waals surface area contributed by atoms with Crippen molar-refractivity contribution in [3.05, 3.63) is 0 Å². The second-order valence-electron chi connectivity index (χ2n) is 4.16. The van der Waals surface area contributed by atoms with Crippen LogP contribution in [0.2, 0.25) is 0 Å². The lowest BCUT2D eigenvalue weighted by Gasteiger charge is -2.41. The fourth-order valence-corrected chi connectivity index (χ4v) is 1.62. The van der Waals surface area contributed by atoms with E-state index in [1.54, 1.807) is 0 Å². The summed E-state index contributed by atoms with van der Waals surface area (Å²) in [7, 11) is 0. The molecule has 11 heavy (non-hydrogen) atoms. The van der Waals surface area contributed by atoms with Gasteiger partial charge >= 0.3 is 0 Å². The molecule has 1 saturated heterocycles. The van der Waals surface area contributed by atoms with Crippen LogP contribution in [0.25, 0.3) is 0 Å². The molecule has 0 radical (unpaired) electrons. The lowest BCUT2D eigenvalue weighted by atomic mass is 10.1. The Labute approximate surface area is 75.1 Å². The predicted octanol–water partition coefficient (Wildman–Crippen LogP) is 1.59. The Morgan fingerprint density at radius 1 is 1.18 bits per heavy atom. The first-order valence-corrected chi connectivity index (χ1v) is 4.59. The van der Waals surface area contributed by atoms with Gasteiger partial charge in [-0.2, -0.15) is 0 Å². The van der Waals surface area contributed by atoms with Crippen molar-refractivity contribution in [3.8, 4) is 0 Å². The zero-order chi connectivity index (χ0) is 8.48. The molecule has 0 aromatic rings. The van der Waals surface area contributed by atoms with E-state index in [2.05, 4.69) is 42.8 Å². The van der Waals surface area contributed by atoms with Gasteiger partial charge in [0.15, 0.2) is 0 Å². The zero-order valence-electron chi connectivity index (χ0n) is 7.67. The molecule has 0 bridgehead atoms. The van der Waals surface area contributed by atoms with Crippen molar-refractivity contribution in [2.75, 3.05) is 19.8 Å². The van der Waals surface area contributed by atoms with Crippen LogP contribution in [0.4, 0.5) is 0 Å². The third kappa shape index (κ3) is 2.65. The second kappa shape index (κ2) is 3.33. The monoisotopic (exact) mass is 174 g/mol. The van der Waals surface area contributed by atoms with Gasteiger partial charge in [-0.15, -0.1) is 0 Å². The van der Waals surface area contributed by atoms with Crippen molar-refractivity contribution >= 4 is 12.8 Å². The van der Waals surface area contributed by atoms with E-state index in [-0.39, 0.29) is 0 Å². The van der Waals surface area contributed by atoms with E-state index in [0.29, 0.717) is 5.54 Å². The molecule has 1 heterocycles. The molecule has 3 heteroatoms. The Morgan fingerprint density at radius 3 is 2.18 bits per heavy atom. The normalized spacial score (nSPS) is 24.0. The fourth-order valence-electron chi connectivity index (χ4n) is 1.33. The highest BCUT2D eigenvalue weighted by Gasteiger charge is 2.24. The summed E-state index contributed by atoms with van der Waals surface area (Å²) in [5.41, 5.74) is 0.293. The van der Waals surface area contributed by atoms with Crippen LogP contribution in [0.15, 0.2) is 0 Å². The molecule has 1 fully saturated rings. The summed E-state index contributed by atoms with van der Waals surface area (Å²) >= 11 is 4.34. The molecule has 0 saturated carbocycles. The highest BCUT2D eigenvalue weighted by Crippen LogP contribution is 2.18. The van der Waals surface area contributed by atoms with E-state index in [4.69, 9.17) is 0 Å². The lowest BCUT2D eigenvalue weighted by Crippen LogP contribution is -2.50. The van der Waals surface area contributed by atoms with Crippen molar-refractivity contribution in [2.45, 2.75) is 32.7 Å². The molecule has 0 aromatic carbocycles. The van der Waals surface area contributed by atoms with Crippen LogP contribution in [0.3, 0.4) is 0 Å². The maximum atomic E-state index is 4.34. The first-order valence-electron chi connectivity index (χ1n) is 4.19. The van der Waals surface area contributed by atoms with Gasteiger partial charge in [-0.25, -0.2) is 4.31 Å². The second-order valence-corrected chi connectivity index (χ2v) is 4.72. The summed E-state index contributed by atoms with van der Waals surface area (Å²) in [5, 5.41) is 0. The molecular weight excluding hydrogens is 156 g/mol. The van der Waals surface area contributed by atoms with E-state index >= 15 is 0 Å². The number of thiol groups is 1. The summed E-state index contributed by atoms with van der Waals surface area (Å²) in [6.45, 7) is 10.1. The van der Waals surface area contributed by atoms with Crippen LogP contribution in [-0.4, -0.2) is 34.5 Å². The van der Waals surface area contributed by atoms with Crippen LogP contribution < -0.4 is 0 Å². The Morgan fingerprint density at radius 2 is 1.82 bits per heavy atom. The van der Waals surface area contributed by atoms with Crippen molar-refractivity contribution in [1.29, 1.82) is 0 Å². The average Bonchev–Trinajstić information content (AvgIpc) is 1.86. The molecule has 0 amide bonds. The Hall–Kier alpha value is 0.270.